The van der Waals surface area contributed by atoms with Crippen LogP contribution >= 0.6 is 23.2 Å². The fourth-order valence-electron chi connectivity index (χ4n) is 1.86. The highest BCUT2D eigenvalue weighted by molar-refractivity contribution is 6.35. The number of carbonyl (C=O) groups is 2. The molecule has 0 aliphatic heterocycles. The second-order valence-electron chi connectivity index (χ2n) is 4.77. The summed E-state index contributed by atoms with van der Waals surface area (Å²) in [7, 11) is 0. The van der Waals surface area contributed by atoms with Crippen LogP contribution in [0.5, 0.6) is 0 Å². The Morgan fingerprint density at radius 3 is 2.45 bits per heavy atom. The molecule has 6 heteroatoms. The van der Waals surface area contributed by atoms with Crippen LogP contribution in [-0.2, 0) is 9.59 Å². The number of hydrogen-bond acceptors (Lipinski definition) is 2. The molecule has 0 atom stereocenters. The quantitative estimate of drug-likeness (QED) is 0.819. The summed E-state index contributed by atoms with van der Waals surface area (Å²) in [6.45, 7) is 1.92. The molecule has 0 saturated heterocycles. The molecule has 0 aliphatic rings. The highest BCUT2D eigenvalue weighted by Crippen LogP contribution is 2.25. The molecule has 0 saturated carbocycles. The summed E-state index contributed by atoms with van der Waals surface area (Å²) in [5, 5.41) is 6.04. The number of anilines is 2. The summed E-state index contributed by atoms with van der Waals surface area (Å²) >= 11 is 11.8. The zero-order valence-electron chi connectivity index (χ0n) is 11.8. The van der Waals surface area contributed by atoms with E-state index in [9.17, 15) is 9.59 Å². The maximum absolute atomic E-state index is 11.9. The van der Waals surface area contributed by atoms with E-state index < -0.39 is 11.8 Å². The molecule has 0 bridgehead atoms. The summed E-state index contributed by atoms with van der Waals surface area (Å²) in [6, 6.07) is 12.1. The normalized spacial score (nSPS) is 10.1. The highest BCUT2D eigenvalue weighted by atomic mass is 35.5. The average Bonchev–Trinajstić information content (AvgIpc) is 2.42. The van der Waals surface area contributed by atoms with Gasteiger partial charge in [-0.2, -0.15) is 0 Å². The lowest BCUT2D eigenvalue weighted by Gasteiger charge is -2.08. The summed E-state index contributed by atoms with van der Waals surface area (Å²) < 4.78 is 0. The number of aryl methyl sites for hydroxylation is 1. The van der Waals surface area contributed by atoms with Crippen molar-refractivity contribution in [3.63, 3.8) is 0 Å². The van der Waals surface area contributed by atoms with Gasteiger partial charge >= 0.3 is 0 Å². The van der Waals surface area contributed by atoms with Gasteiger partial charge in [0.2, 0.25) is 11.8 Å². The molecular weight excluding hydrogens is 323 g/mol. The second kappa shape index (κ2) is 7.29. The van der Waals surface area contributed by atoms with Crippen molar-refractivity contribution in [2.24, 2.45) is 0 Å². The van der Waals surface area contributed by atoms with E-state index in [2.05, 4.69) is 10.6 Å². The molecule has 0 aromatic heterocycles. The van der Waals surface area contributed by atoms with Gasteiger partial charge in [-0.1, -0.05) is 35.3 Å². The Labute approximate surface area is 138 Å². The first-order valence-corrected chi connectivity index (χ1v) is 7.31. The minimum absolute atomic E-state index is 0.309. The zero-order chi connectivity index (χ0) is 16.1. The van der Waals surface area contributed by atoms with E-state index in [0.717, 1.165) is 5.56 Å². The Morgan fingerprint density at radius 1 is 1.00 bits per heavy atom. The standard InChI is InChI=1S/C16H14Cl2N2O2/c1-10-3-2-4-12(7-10)19-15(21)9-16(22)20-14-8-11(17)5-6-13(14)18/h2-8H,9H2,1H3,(H,19,21)(H,20,22). The first-order valence-electron chi connectivity index (χ1n) is 6.55. The van der Waals surface area contributed by atoms with Gasteiger partial charge in [-0.15, -0.1) is 0 Å². The first kappa shape index (κ1) is 16.3. The number of amides is 2. The minimum Gasteiger partial charge on any atom is -0.326 e. The van der Waals surface area contributed by atoms with Crippen molar-refractivity contribution in [2.45, 2.75) is 13.3 Å². The van der Waals surface area contributed by atoms with E-state index >= 15 is 0 Å². The molecule has 0 unspecified atom stereocenters. The van der Waals surface area contributed by atoms with Crippen molar-refractivity contribution in [1.29, 1.82) is 0 Å². The predicted molar refractivity (Wildman–Crippen MR) is 89.5 cm³/mol. The van der Waals surface area contributed by atoms with Gasteiger partial charge < -0.3 is 10.6 Å². The highest BCUT2D eigenvalue weighted by Gasteiger charge is 2.12. The Kier molecular flexibility index (Phi) is 5.41. The second-order valence-corrected chi connectivity index (χ2v) is 5.61. The Morgan fingerprint density at radius 2 is 1.73 bits per heavy atom. The van der Waals surface area contributed by atoms with Crippen molar-refractivity contribution >= 4 is 46.4 Å². The van der Waals surface area contributed by atoms with Crippen LogP contribution in [0.2, 0.25) is 10.0 Å². The monoisotopic (exact) mass is 336 g/mol. The number of nitrogens with one attached hydrogen (secondary N) is 2. The molecule has 0 spiro atoms. The SMILES string of the molecule is Cc1cccc(NC(=O)CC(=O)Nc2cc(Cl)ccc2Cl)c1. The van der Waals surface area contributed by atoms with Gasteiger partial charge in [-0.25, -0.2) is 0 Å². The lowest BCUT2D eigenvalue weighted by Crippen LogP contribution is -2.21. The minimum atomic E-state index is -0.464. The van der Waals surface area contributed by atoms with E-state index in [-0.39, 0.29) is 6.42 Å². The molecule has 4 nitrogen and oxygen atoms in total. The fourth-order valence-corrected chi connectivity index (χ4v) is 2.20. The molecule has 114 valence electrons. The van der Waals surface area contributed by atoms with Crippen molar-refractivity contribution in [1.82, 2.24) is 0 Å². The lowest BCUT2D eigenvalue weighted by molar-refractivity contribution is -0.123. The molecule has 0 aliphatic carbocycles. The van der Waals surface area contributed by atoms with Crippen LogP contribution in [0.3, 0.4) is 0 Å². The molecule has 0 heterocycles. The van der Waals surface area contributed by atoms with Crippen LogP contribution in [0, 0.1) is 6.92 Å². The van der Waals surface area contributed by atoms with Gasteiger partial charge in [-0.3, -0.25) is 9.59 Å². The summed E-state index contributed by atoms with van der Waals surface area (Å²) in [6.07, 6.45) is -0.309. The number of hydrogen-bond donors (Lipinski definition) is 2. The van der Waals surface area contributed by atoms with Gasteiger partial charge in [0.15, 0.2) is 0 Å². The van der Waals surface area contributed by atoms with Crippen LogP contribution in [0.4, 0.5) is 11.4 Å². The maximum atomic E-state index is 11.9. The number of halogens is 2. The third kappa shape index (κ3) is 4.76. The van der Waals surface area contributed by atoms with Gasteiger partial charge in [0.25, 0.3) is 0 Å². The molecule has 22 heavy (non-hydrogen) atoms. The van der Waals surface area contributed by atoms with Gasteiger partial charge in [-0.05, 0) is 42.8 Å². The van der Waals surface area contributed by atoms with E-state index in [1.807, 2.05) is 25.1 Å². The molecule has 0 radical (unpaired) electrons. The van der Waals surface area contributed by atoms with E-state index in [1.54, 1.807) is 18.2 Å². The van der Waals surface area contributed by atoms with Crippen molar-refractivity contribution < 1.29 is 9.59 Å². The first-order chi connectivity index (χ1) is 10.4. The number of benzene rings is 2. The largest absolute Gasteiger partial charge is 0.326 e. The maximum Gasteiger partial charge on any atom is 0.233 e. The molecule has 2 aromatic carbocycles. The third-order valence-electron chi connectivity index (χ3n) is 2.83. The molecule has 2 rings (SSSR count). The van der Waals surface area contributed by atoms with E-state index in [4.69, 9.17) is 23.2 Å². The van der Waals surface area contributed by atoms with Gasteiger partial charge in [0, 0.05) is 10.7 Å². The molecule has 2 amide bonds. The van der Waals surface area contributed by atoms with Gasteiger partial charge in [0.1, 0.15) is 6.42 Å². The van der Waals surface area contributed by atoms with Crippen molar-refractivity contribution in [3.8, 4) is 0 Å². The van der Waals surface area contributed by atoms with Crippen molar-refractivity contribution in [3.05, 3.63) is 58.1 Å². The molecule has 2 N–H and O–H groups in total. The van der Waals surface area contributed by atoms with Crippen molar-refractivity contribution in [2.75, 3.05) is 10.6 Å². The Bertz CT molecular complexity index is 717. The topological polar surface area (TPSA) is 58.2 Å². The van der Waals surface area contributed by atoms with Crippen LogP contribution in [0.1, 0.15) is 12.0 Å². The number of carbonyl (C=O) groups excluding carboxylic acids is 2. The fraction of sp³-hybridized carbons (Fsp3) is 0.125. The Hall–Kier alpha value is -2.04. The predicted octanol–water partition coefficient (Wildman–Crippen LogP) is 4.27. The lowest BCUT2D eigenvalue weighted by atomic mass is 10.2. The number of rotatable bonds is 4. The Balaban J connectivity index is 1.94. The zero-order valence-corrected chi connectivity index (χ0v) is 13.3. The summed E-state index contributed by atoms with van der Waals surface area (Å²) in [5.74, 6) is -0.865. The van der Waals surface area contributed by atoms with Gasteiger partial charge in [0.05, 0.1) is 10.7 Å². The van der Waals surface area contributed by atoms with E-state index in [1.165, 1.54) is 6.07 Å². The summed E-state index contributed by atoms with van der Waals surface area (Å²) in [5.41, 5.74) is 2.05. The van der Waals surface area contributed by atoms with Crippen LogP contribution < -0.4 is 10.6 Å². The molecular formula is C16H14Cl2N2O2. The molecule has 0 fully saturated rings. The van der Waals surface area contributed by atoms with E-state index in [0.29, 0.717) is 21.4 Å². The van der Waals surface area contributed by atoms with Crippen LogP contribution in [-0.4, -0.2) is 11.8 Å². The van der Waals surface area contributed by atoms with Crippen LogP contribution in [0.25, 0.3) is 0 Å². The van der Waals surface area contributed by atoms with Crippen LogP contribution in [0.15, 0.2) is 42.5 Å². The summed E-state index contributed by atoms with van der Waals surface area (Å²) in [4.78, 5) is 23.7. The third-order valence-corrected chi connectivity index (χ3v) is 3.39. The average molecular weight is 337 g/mol. The molecule has 2 aromatic rings. The smallest absolute Gasteiger partial charge is 0.233 e.